The smallest absolute Gasteiger partial charge is 0.308 e. The largest absolute Gasteiger partial charge is 0.494 e. The van der Waals surface area contributed by atoms with Crippen molar-refractivity contribution in [1.82, 2.24) is 5.32 Å². The Bertz CT molecular complexity index is 835. The van der Waals surface area contributed by atoms with Gasteiger partial charge in [-0.15, -0.1) is 0 Å². The van der Waals surface area contributed by atoms with Crippen LogP contribution in [0, 0.1) is 10.1 Å². The summed E-state index contributed by atoms with van der Waals surface area (Å²) in [6.45, 7) is 4.32. The molecule has 1 amide bonds. The Morgan fingerprint density at radius 2 is 1.82 bits per heavy atom. The van der Waals surface area contributed by atoms with E-state index in [2.05, 4.69) is 5.32 Å². The number of hydrogen-bond donors (Lipinski definition) is 1. The van der Waals surface area contributed by atoms with Crippen LogP contribution in [0.5, 0.6) is 5.75 Å². The summed E-state index contributed by atoms with van der Waals surface area (Å²) in [7, 11) is 0. The summed E-state index contributed by atoms with van der Waals surface area (Å²) in [4.78, 5) is 34.9. The predicted molar refractivity (Wildman–Crippen MR) is 102 cm³/mol. The number of esters is 1. The molecule has 8 heteroatoms. The van der Waals surface area contributed by atoms with Crippen molar-refractivity contribution in [2.24, 2.45) is 0 Å². The summed E-state index contributed by atoms with van der Waals surface area (Å²) < 4.78 is 10.4. The fourth-order valence-electron chi connectivity index (χ4n) is 2.60. The number of carbonyl (C=O) groups is 2. The molecule has 0 aromatic heterocycles. The van der Waals surface area contributed by atoms with Crippen molar-refractivity contribution in [3.63, 3.8) is 0 Å². The molecule has 2 aromatic carbocycles. The molecule has 0 aliphatic heterocycles. The molecule has 28 heavy (non-hydrogen) atoms. The summed E-state index contributed by atoms with van der Waals surface area (Å²) in [6, 6.07) is 11.8. The first-order valence-corrected chi connectivity index (χ1v) is 8.88. The van der Waals surface area contributed by atoms with Crippen LogP contribution in [0.4, 0.5) is 5.69 Å². The van der Waals surface area contributed by atoms with Gasteiger partial charge in [0.05, 0.1) is 30.6 Å². The lowest BCUT2D eigenvalue weighted by Crippen LogP contribution is -2.30. The molecule has 1 unspecified atom stereocenters. The van der Waals surface area contributed by atoms with E-state index in [4.69, 9.17) is 9.47 Å². The van der Waals surface area contributed by atoms with Gasteiger partial charge in [-0.1, -0.05) is 18.2 Å². The highest BCUT2D eigenvalue weighted by Gasteiger charge is 2.21. The van der Waals surface area contributed by atoms with Gasteiger partial charge in [0.1, 0.15) is 5.75 Å². The molecule has 0 saturated heterocycles. The summed E-state index contributed by atoms with van der Waals surface area (Å²) in [5, 5.41) is 13.7. The molecule has 0 saturated carbocycles. The minimum Gasteiger partial charge on any atom is -0.494 e. The van der Waals surface area contributed by atoms with E-state index in [-0.39, 0.29) is 24.3 Å². The summed E-state index contributed by atoms with van der Waals surface area (Å²) in [6.07, 6.45) is -0.0670. The lowest BCUT2D eigenvalue weighted by molar-refractivity contribution is -0.384. The molecule has 1 N–H and O–H groups in total. The van der Waals surface area contributed by atoms with Crippen LogP contribution in [0.2, 0.25) is 0 Å². The topological polar surface area (TPSA) is 108 Å². The molecule has 2 rings (SSSR count). The van der Waals surface area contributed by atoms with E-state index >= 15 is 0 Å². The predicted octanol–water partition coefficient (Wildman–Crippen LogP) is 3.42. The van der Waals surface area contributed by atoms with Crippen molar-refractivity contribution >= 4 is 17.6 Å². The summed E-state index contributed by atoms with van der Waals surface area (Å²) >= 11 is 0. The SMILES string of the molecule is CCOC(=O)CC(NC(=O)c1cccc([N+](=O)[O-])c1)c1ccc(OCC)cc1. The first-order chi connectivity index (χ1) is 13.4. The molecule has 0 bridgehead atoms. The molecular formula is C20H22N2O6. The monoisotopic (exact) mass is 386 g/mol. The molecule has 0 aliphatic rings. The van der Waals surface area contributed by atoms with Crippen LogP contribution in [0.1, 0.15) is 42.2 Å². The zero-order chi connectivity index (χ0) is 20.5. The van der Waals surface area contributed by atoms with Gasteiger partial charge in [0, 0.05) is 17.7 Å². The quantitative estimate of drug-likeness (QED) is 0.402. The number of rotatable bonds is 9. The Balaban J connectivity index is 2.23. The minimum atomic E-state index is -0.651. The standard InChI is InChI=1S/C20H22N2O6/c1-3-27-17-10-8-14(9-11-17)18(13-19(23)28-4-2)21-20(24)15-6-5-7-16(12-15)22(25)26/h5-12,18H,3-4,13H2,1-2H3,(H,21,24). The number of non-ortho nitro benzene ring substituents is 1. The van der Waals surface area contributed by atoms with Gasteiger partial charge in [0.25, 0.3) is 11.6 Å². The van der Waals surface area contributed by atoms with Crippen LogP contribution in [-0.4, -0.2) is 30.0 Å². The zero-order valence-electron chi connectivity index (χ0n) is 15.7. The molecule has 8 nitrogen and oxygen atoms in total. The second-order valence-corrected chi connectivity index (χ2v) is 5.84. The first kappa shape index (κ1) is 20.9. The number of nitrogens with zero attached hydrogens (tertiary/aromatic N) is 1. The fraction of sp³-hybridized carbons (Fsp3) is 0.300. The van der Waals surface area contributed by atoms with E-state index < -0.39 is 22.8 Å². The third-order valence-electron chi connectivity index (χ3n) is 3.89. The van der Waals surface area contributed by atoms with Gasteiger partial charge in [-0.05, 0) is 37.6 Å². The van der Waals surface area contributed by atoms with Gasteiger partial charge >= 0.3 is 5.97 Å². The molecule has 0 spiro atoms. The molecule has 148 valence electrons. The maximum absolute atomic E-state index is 12.6. The van der Waals surface area contributed by atoms with Gasteiger partial charge in [0.15, 0.2) is 0 Å². The van der Waals surface area contributed by atoms with Crippen LogP contribution in [0.15, 0.2) is 48.5 Å². The number of nitrogens with one attached hydrogen (secondary N) is 1. The van der Waals surface area contributed by atoms with Crippen LogP contribution in [-0.2, 0) is 9.53 Å². The number of nitro benzene ring substituents is 1. The average Bonchev–Trinajstić information content (AvgIpc) is 2.68. The Kier molecular flexibility index (Phi) is 7.50. The van der Waals surface area contributed by atoms with Crippen LogP contribution in [0.3, 0.4) is 0 Å². The number of nitro groups is 1. The summed E-state index contributed by atoms with van der Waals surface area (Å²) in [5.41, 5.74) is 0.639. The second kappa shape index (κ2) is 10.1. The van der Waals surface area contributed by atoms with Gasteiger partial charge < -0.3 is 14.8 Å². The number of hydrogen-bond acceptors (Lipinski definition) is 6. The van der Waals surface area contributed by atoms with E-state index in [9.17, 15) is 19.7 Å². The number of carbonyl (C=O) groups excluding carboxylic acids is 2. The molecule has 0 aliphatic carbocycles. The van der Waals surface area contributed by atoms with Gasteiger partial charge in [-0.2, -0.15) is 0 Å². The van der Waals surface area contributed by atoms with Crippen molar-refractivity contribution in [2.45, 2.75) is 26.3 Å². The van der Waals surface area contributed by atoms with Gasteiger partial charge in [-0.25, -0.2) is 0 Å². The maximum atomic E-state index is 12.6. The third-order valence-corrected chi connectivity index (χ3v) is 3.89. The molecular weight excluding hydrogens is 364 g/mol. The molecule has 2 aromatic rings. The van der Waals surface area contributed by atoms with Crippen molar-refractivity contribution in [1.29, 1.82) is 0 Å². The van der Waals surface area contributed by atoms with E-state index in [1.165, 1.54) is 24.3 Å². The Hall–Kier alpha value is -3.42. The van der Waals surface area contributed by atoms with Gasteiger partial charge in [0.2, 0.25) is 0 Å². The van der Waals surface area contributed by atoms with E-state index in [1.807, 2.05) is 6.92 Å². The fourth-order valence-corrected chi connectivity index (χ4v) is 2.60. The average molecular weight is 386 g/mol. The molecule has 0 radical (unpaired) electrons. The van der Waals surface area contributed by atoms with Crippen LogP contribution < -0.4 is 10.1 Å². The Morgan fingerprint density at radius 3 is 2.43 bits per heavy atom. The second-order valence-electron chi connectivity index (χ2n) is 5.84. The van der Waals surface area contributed by atoms with Crippen LogP contribution in [0.25, 0.3) is 0 Å². The highest BCUT2D eigenvalue weighted by atomic mass is 16.6. The lowest BCUT2D eigenvalue weighted by atomic mass is 10.0. The highest BCUT2D eigenvalue weighted by Crippen LogP contribution is 2.22. The van der Waals surface area contributed by atoms with E-state index in [1.54, 1.807) is 31.2 Å². The van der Waals surface area contributed by atoms with E-state index in [0.717, 1.165) is 0 Å². The Morgan fingerprint density at radius 1 is 1.11 bits per heavy atom. The maximum Gasteiger partial charge on any atom is 0.308 e. The number of benzene rings is 2. The Labute approximate surface area is 162 Å². The van der Waals surface area contributed by atoms with Crippen LogP contribution >= 0.6 is 0 Å². The summed E-state index contributed by atoms with van der Waals surface area (Å²) in [5.74, 6) is -0.307. The highest BCUT2D eigenvalue weighted by molar-refractivity contribution is 5.95. The molecule has 1 atom stereocenters. The van der Waals surface area contributed by atoms with Crippen molar-refractivity contribution in [3.05, 3.63) is 69.8 Å². The normalized spacial score (nSPS) is 11.4. The lowest BCUT2D eigenvalue weighted by Gasteiger charge is -2.19. The molecule has 0 fully saturated rings. The molecule has 0 heterocycles. The third kappa shape index (κ3) is 5.80. The zero-order valence-corrected chi connectivity index (χ0v) is 15.7. The van der Waals surface area contributed by atoms with Crippen molar-refractivity contribution in [2.75, 3.05) is 13.2 Å². The van der Waals surface area contributed by atoms with E-state index in [0.29, 0.717) is 17.9 Å². The van der Waals surface area contributed by atoms with Crippen molar-refractivity contribution in [3.8, 4) is 5.75 Å². The first-order valence-electron chi connectivity index (χ1n) is 8.88. The number of ether oxygens (including phenoxy) is 2. The number of amides is 1. The minimum absolute atomic E-state index is 0.0670. The van der Waals surface area contributed by atoms with Gasteiger partial charge in [-0.3, -0.25) is 19.7 Å². The van der Waals surface area contributed by atoms with Crippen molar-refractivity contribution < 1.29 is 24.0 Å².